The third-order valence-electron chi connectivity index (χ3n) is 2.80. The van der Waals surface area contributed by atoms with Gasteiger partial charge in [0.25, 0.3) is 0 Å². The predicted octanol–water partition coefficient (Wildman–Crippen LogP) is 4.58. The molecule has 2 aromatic carbocycles. The summed E-state index contributed by atoms with van der Waals surface area (Å²) >= 11 is 11.8. The van der Waals surface area contributed by atoms with Gasteiger partial charge in [-0.25, -0.2) is 8.78 Å². The second-order valence-corrected chi connectivity index (χ2v) is 4.93. The molecular formula is C14H11Cl2F2N. The van der Waals surface area contributed by atoms with Gasteiger partial charge in [-0.05, 0) is 42.9 Å². The van der Waals surface area contributed by atoms with Gasteiger partial charge in [0.2, 0.25) is 0 Å². The van der Waals surface area contributed by atoms with E-state index in [9.17, 15) is 8.78 Å². The Morgan fingerprint density at radius 2 is 1.53 bits per heavy atom. The standard InChI is InChI=1S/C14H11Cl2F2N/c1-19-14(8-5-9(15)7-10(16)6-8)13-11(17)3-2-4-12(13)18/h2-7,14,19H,1H3. The van der Waals surface area contributed by atoms with Crippen LogP contribution in [-0.2, 0) is 0 Å². The summed E-state index contributed by atoms with van der Waals surface area (Å²) in [6.45, 7) is 0. The average molecular weight is 302 g/mol. The van der Waals surface area contributed by atoms with E-state index in [1.54, 1.807) is 25.2 Å². The fraction of sp³-hybridized carbons (Fsp3) is 0.143. The van der Waals surface area contributed by atoms with Gasteiger partial charge in [-0.2, -0.15) is 0 Å². The van der Waals surface area contributed by atoms with Crippen molar-refractivity contribution in [2.45, 2.75) is 6.04 Å². The molecule has 0 saturated carbocycles. The zero-order valence-electron chi connectivity index (χ0n) is 10.1. The highest BCUT2D eigenvalue weighted by Gasteiger charge is 2.21. The van der Waals surface area contributed by atoms with Crippen molar-refractivity contribution in [1.82, 2.24) is 5.32 Å². The van der Waals surface area contributed by atoms with Gasteiger partial charge in [0.05, 0.1) is 6.04 Å². The highest BCUT2D eigenvalue weighted by Crippen LogP contribution is 2.30. The highest BCUT2D eigenvalue weighted by atomic mass is 35.5. The van der Waals surface area contributed by atoms with E-state index in [1.165, 1.54) is 18.2 Å². The molecule has 0 aliphatic heterocycles. The third kappa shape index (κ3) is 3.06. The monoisotopic (exact) mass is 301 g/mol. The van der Waals surface area contributed by atoms with Crippen molar-refractivity contribution in [2.75, 3.05) is 7.05 Å². The largest absolute Gasteiger partial charge is 0.309 e. The molecule has 0 spiro atoms. The van der Waals surface area contributed by atoms with Crippen LogP contribution in [0, 0.1) is 11.6 Å². The second-order valence-electron chi connectivity index (χ2n) is 4.06. The van der Waals surface area contributed by atoms with Crippen molar-refractivity contribution in [3.63, 3.8) is 0 Å². The zero-order valence-corrected chi connectivity index (χ0v) is 11.6. The normalized spacial score (nSPS) is 12.5. The summed E-state index contributed by atoms with van der Waals surface area (Å²) < 4.78 is 27.7. The average Bonchev–Trinajstić information content (AvgIpc) is 2.32. The Labute approximate surface area is 120 Å². The molecule has 0 fully saturated rings. The van der Waals surface area contributed by atoms with Gasteiger partial charge < -0.3 is 5.32 Å². The number of hydrogen-bond donors (Lipinski definition) is 1. The first-order chi connectivity index (χ1) is 9.02. The molecule has 0 saturated heterocycles. The van der Waals surface area contributed by atoms with E-state index in [1.807, 2.05) is 0 Å². The predicted molar refractivity (Wildman–Crippen MR) is 73.7 cm³/mol. The topological polar surface area (TPSA) is 12.0 Å². The summed E-state index contributed by atoms with van der Waals surface area (Å²) in [4.78, 5) is 0. The summed E-state index contributed by atoms with van der Waals surface area (Å²) in [7, 11) is 1.62. The van der Waals surface area contributed by atoms with E-state index in [2.05, 4.69) is 5.32 Å². The van der Waals surface area contributed by atoms with Crippen LogP contribution >= 0.6 is 23.2 Å². The molecule has 1 atom stereocenters. The molecule has 0 heterocycles. The molecule has 5 heteroatoms. The minimum atomic E-state index is -0.655. The number of halogens is 4. The second kappa shape index (κ2) is 5.87. The molecule has 0 aliphatic rings. The number of benzene rings is 2. The fourth-order valence-electron chi connectivity index (χ4n) is 2.01. The van der Waals surface area contributed by atoms with Gasteiger partial charge in [-0.3, -0.25) is 0 Å². The maximum Gasteiger partial charge on any atom is 0.131 e. The molecule has 0 radical (unpaired) electrons. The van der Waals surface area contributed by atoms with E-state index in [0.717, 1.165) is 0 Å². The van der Waals surface area contributed by atoms with E-state index in [0.29, 0.717) is 15.6 Å². The summed E-state index contributed by atoms with van der Waals surface area (Å²) in [5.41, 5.74) is 0.548. The maximum absolute atomic E-state index is 13.8. The fourth-order valence-corrected chi connectivity index (χ4v) is 2.55. The summed E-state index contributed by atoms with van der Waals surface area (Å²) in [5.74, 6) is -1.23. The minimum Gasteiger partial charge on any atom is -0.309 e. The Kier molecular flexibility index (Phi) is 4.40. The van der Waals surface area contributed by atoms with Gasteiger partial charge in [0.1, 0.15) is 11.6 Å². The third-order valence-corrected chi connectivity index (χ3v) is 3.23. The number of nitrogens with one attached hydrogen (secondary N) is 1. The Morgan fingerprint density at radius 3 is 2.00 bits per heavy atom. The quantitative estimate of drug-likeness (QED) is 0.875. The van der Waals surface area contributed by atoms with Crippen LogP contribution in [0.3, 0.4) is 0 Å². The van der Waals surface area contributed by atoms with Gasteiger partial charge in [-0.15, -0.1) is 0 Å². The first kappa shape index (κ1) is 14.3. The highest BCUT2D eigenvalue weighted by molar-refractivity contribution is 6.34. The number of hydrogen-bond acceptors (Lipinski definition) is 1. The minimum absolute atomic E-state index is 0.0525. The first-order valence-corrected chi connectivity index (χ1v) is 6.35. The Bertz CT molecular complexity index is 561. The van der Waals surface area contributed by atoms with E-state index in [-0.39, 0.29) is 5.56 Å². The zero-order chi connectivity index (χ0) is 14.0. The molecule has 1 nitrogen and oxygen atoms in total. The van der Waals surface area contributed by atoms with E-state index < -0.39 is 17.7 Å². The van der Waals surface area contributed by atoms with E-state index >= 15 is 0 Å². The lowest BCUT2D eigenvalue weighted by atomic mass is 9.98. The molecule has 1 unspecified atom stereocenters. The van der Waals surface area contributed by atoms with Crippen molar-refractivity contribution in [1.29, 1.82) is 0 Å². The van der Waals surface area contributed by atoms with Crippen molar-refractivity contribution in [3.05, 3.63) is 69.2 Å². The summed E-state index contributed by atoms with van der Waals surface area (Å²) in [6.07, 6.45) is 0. The van der Waals surface area contributed by atoms with Crippen LogP contribution in [0.2, 0.25) is 10.0 Å². The number of rotatable bonds is 3. The molecule has 2 rings (SSSR count). The van der Waals surface area contributed by atoms with Crippen LogP contribution in [0.25, 0.3) is 0 Å². The van der Waals surface area contributed by atoms with Crippen LogP contribution in [0.4, 0.5) is 8.78 Å². The van der Waals surface area contributed by atoms with Gasteiger partial charge >= 0.3 is 0 Å². The molecule has 0 aliphatic carbocycles. The summed E-state index contributed by atoms with van der Waals surface area (Å²) in [6, 6.07) is 7.92. The van der Waals surface area contributed by atoms with Gasteiger partial charge in [0.15, 0.2) is 0 Å². The van der Waals surface area contributed by atoms with E-state index in [4.69, 9.17) is 23.2 Å². The van der Waals surface area contributed by atoms with Crippen LogP contribution in [0.1, 0.15) is 17.2 Å². The lowest BCUT2D eigenvalue weighted by molar-refractivity contribution is 0.522. The van der Waals surface area contributed by atoms with Gasteiger partial charge in [0, 0.05) is 15.6 Å². The van der Waals surface area contributed by atoms with Crippen molar-refractivity contribution in [2.24, 2.45) is 0 Å². The van der Waals surface area contributed by atoms with Gasteiger partial charge in [-0.1, -0.05) is 29.3 Å². The lowest BCUT2D eigenvalue weighted by Crippen LogP contribution is -2.20. The van der Waals surface area contributed by atoms with Crippen LogP contribution in [0.15, 0.2) is 36.4 Å². The molecular weight excluding hydrogens is 291 g/mol. The lowest BCUT2D eigenvalue weighted by Gasteiger charge is -2.19. The Morgan fingerprint density at radius 1 is 1.00 bits per heavy atom. The Balaban J connectivity index is 2.56. The maximum atomic E-state index is 13.8. The van der Waals surface area contributed by atoms with Crippen molar-refractivity contribution in [3.8, 4) is 0 Å². The SMILES string of the molecule is CNC(c1cc(Cl)cc(Cl)c1)c1c(F)cccc1F. The molecule has 100 valence electrons. The molecule has 0 amide bonds. The van der Waals surface area contributed by atoms with Crippen molar-refractivity contribution >= 4 is 23.2 Å². The smallest absolute Gasteiger partial charge is 0.131 e. The molecule has 0 bridgehead atoms. The van der Waals surface area contributed by atoms with Crippen LogP contribution < -0.4 is 5.32 Å². The Hall–Kier alpha value is -1.16. The molecule has 1 N–H and O–H groups in total. The molecule has 19 heavy (non-hydrogen) atoms. The molecule has 0 aromatic heterocycles. The van der Waals surface area contributed by atoms with Crippen LogP contribution in [-0.4, -0.2) is 7.05 Å². The van der Waals surface area contributed by atoms with Crippen molar-refractivity contribution < 1.29 is 8.78 Å². The molecule has 2 aromatic rings. The van der Waals surface area contributed by atoms with Crippen LogP contribution in [0.5, 0.6) is 0 Å². The first-order valence-electron chi connectivity index (χ1n) is 5.60. The summed E-state index contributed by atoms with van der Waals surface area (Å²) in [5, 5.41) is 3.71.